The van der Waals surface area contributed by atoms with Crippen molar-refractivity contribution in [3.8, 4) is 0 Å². The molecule has 0 fully saturated rings. The van der Waals surface area contributed by atoms with Crippen LogP contribution in [0, 0.1) is 0 Å². The number of carbonyl (C=O) groups is 1. The van der Waals surface area contributed by atoms with Gasteiger partial charge in [0.2, 0.25) is 0 Å². The smallest absolute Gasteiger partial charge is 0.430 e. The zero-order valence-electron chi connectivity index (χ0n) is 16.1. The monoisotopic (exact) mass is 394 g/mol. The Morgan fingerprint density at radius 2 is 1.63 bits per heavy atom. The van der Waals surface area contributed by atoms with Crippen LogP contribution in [0.25, 0.3) is 22.7 Å². The molecule has 1 amide bonds. The van der Waals surface area contributed by atoms with E-state index in [9.17, 15) is 10.3 Å². The third kappa shape index (κ3) is 4.09. The fourth-order valence-electron chi connectivity index (χ4n) is 3.05. The Bertz CT molecular complexity index is 1210. The summed E-state index contributed by atoms with van der Waals surface area (Å²) in [6, 6.07) is 26.1. The second-order valence-corrected chi connectivity index (χ2v) is 6.50. The lowest BCUT2D eigenvalue weighted by Gasteiger charge is -2.18. The summed E-state index contributed by atoms with van der Waals surface area (Å²) >= 11 is 0. The van der Waals surface area contributed by atoms with Crippen molar-refractivity contribution >= 4 is 34.5 Å². The second-order valence-electron chi connectivity index (χ2n) is 6.50. The second kappa shape index (κ2) is 8.82. The van der Waals surface area contributed by atoms with Crippen LogP contribution in [0.15, 0.2) is 95.4 Å². The van der Waals surface area contributed by atoms with Crippen molar-refractivity contribution < 1.29 is 14.0 Å². The first kappa shape index (κ1) is 19.1. The van der Waals surface area contributed by atoms with Crippen molar-refractivity contribution in [2.24, 2.45) is 0 Å². The maximum Gasteiger partial charge on any atom is 0.441 e. The van der Waals surface area contributed by atoms with Gasteiger partial charge in [0, 0.05) is 12.2 Å². The van der Waals surface area contributed by atoms with Gasteiger partial charge in [-0.15, -0.1) is 0 Å². The van der Waals surface area contributed by atoms with Gasteiger partial charge in [-0.2, -0.15) is 4.79 Å². The van der Waals surface area contributed by atoms with Gasteiger partial charge in [0.25, 0.3) is 0 Å². The highest BCUT2D eigenvalue weighted by atomic mass is 16.3. The molecule has 0 aliphatic heterocycles. The van der Waals surface area contributed by atoms with E-state index in [2.05, 4.69) is 9.77 Å². The van der Waals surface area contributed by atoms with Crippen LogP contribution in [-0.4, -0.2) is 27.9 Å². The summed E-state index contributed by atoms with van der Waals surface area (Å²) in [6.07, 6.45) is 3.81. The summed E-state index contributed by atoms with van der Waals surface area (Å²) in [4.78, 5) is 22.3. The summed E-state index contributed by atoms with van der Waals surface area (Å²) in [5.74, 6) is -0.551. The average molecular weight is 394 g/mol. The van der Waals surface area contributed by atoms with Crippen LogP contribution >= 0.6 is 0 Å². The highest BCUT2D eigenvalue weighted by molar-refractivity contribution is 6.46. The molecule has 0 aliphatic rings. The van der Waals surface area contributed by atoms with E-state index in [-0.39, 0.29) is 18.1 Å². The number of oxazole rings is 1. The Morgan fingerprint density at radius 1 is 0.967 bits per heavy atom. The van der Waals surface area contributed by atoms with Crippen molar-refractivity contribution in [2.45, 2.75) is 0 Å². The third-order valence-corrected chi connectivity index (χ3v) is 4.51. The van der Waals surface area contributed by atoms with Crippen LogP contribution in [0.3, 0.4) is 0 Å². The minimum atomic E-state index is -0.520. The van der Waals surface area contributed by atoms with E-state index in [1.807, 2.05) is 78.9 Å². The summed E-state index contributed by atoms with van der Waals surface area (Å²) in [7, 11) is 0. The fourth-order valence-corrected chi connectivity index (χ4v) is 3.05. The van der Waals surface area contributed by atoms with Crippen molar-refractivity contribution in [2.75, 3.05) is 11.4 Å². The molecule has 0 bridgehead atoms. The molecule has 3 aromatic carbocycles. The highest BCUT2D eigenvalue weighted by Crippen LogP contribution is 2.18. The van der Waals surface area contributed by atoms with Crippen LogP contribution in [0.5, 0.6) is 0 Å². The van der Waals surface area contributed by atoms with Crippen molar-refractivity contribution in [1.29, 1.82) is 0 Å². The summed E-state index contributed by atoms with van der Waals surface area (Å²) < 4.78 is 5.63. The molecule has 0 spiro atoms. The molecule has 1 heterocycles. The number of rotatable bonds is 6. The van der Waals surface area contributed by atoms with Crippen molar-refractivity contribution in [1.82, 2.24) is 4.98 Å². The van der Waals surface area contributed by atoms with E-state index in [0.717, 1.165) is 5.56 Å². The fraction of sp³-hybridized carbons (Fsp3) is 0.0417. The number of hydrogen-bond acceptors (Lipinski definition) is 3. The minimum absolute atomic E-state index is 0.0309. The van der Waals surface area contributed by atoms with Gasteiger partial charge < -0.3 is 9.95 Å². The normalized spacial score (nSPS) is 10.8. The number of benzene rings is 3. The maximum absolute atomic E-state index is 13.3. The van der Waals surface area contributed by atoms with Gasteiger partial charge in [0.15, 0.2) is 5.58 Å². The van der Waals surface area contributed by atoms with E-state index in [1.54, 1.807) is 18.2 Å². The van der Waals surface area contributed by atoms with Gasteiger partial charge in [0.05, 0.1) is 0 Å². The topological polar surface area (TPSA) is 82.7 Å². The van der Waals surface area contributed by atoms with E-state index >= 15 is 0 Å². The van der Waals surface area contributed by atoms with Gasteiger partial charge in [-0.3, -0.25) is 9.69 Å². The zero-order valence-corrected chi connectivity index (χ0v) is 16.1. The molecule has 30 heavy (non-hydrogen) atoms. The number of hydrogen-bond donors (Lipinski definition) is 0. The number of fused-ring (bicyclic) bond motifs is 1. The summed E-state index contributed by atoms with van der Waals surface area (Å²) in [6.45, 7) is 0.275. The largest absolute Gasteiger partial charge is 0.441 e. The van der Waals surface area contributed by atoms with Gasteiger partial charge in [0.1, 0.15) is 5.52 Å². The molecule has 0 unspecified atom stereocenters. The Labute approximate surface area is 173 Å². The number of para-hydroxylation sites is 3. The molecule has 0 radical (unpaired) electrons. The quantitative estimate of drug-likeness (QED) is 0.272. The average Bonchev–Trinajstić information content (AvgIpc) is 3.22. The van der Waals surface area contributed by atoms with Gasteiger partial charge in [-0.25, -0.2) is 4.98 Å². The molecule has 0 saturated heterocycles. The van der Waals surface area contributed by atoms with Gasteiger partial charge in [-0.05, 0) is 29.8 Å². The van der Waals surface area contributed by atoms with Crippen LogP contribution in [0.4, 0.5) is 5.69 Å². The zero-order chi connectivity index (χ0) is 20.8. The lowest BCUT2D eigenvalue weighted by atomic mass is 10.2. The lowest BCUT2D eigenvalue weighted by molar-refractivity contribution is -0.116. The molecule has 6 heteroatoms. The number of anilines is 1. The molecule has 0 atom stereocenters. The summed E-state index contributed by atoms with van der Waals surface area (Å²) in [5, 5.41) is 0. The number of amides is 1. The molecular formula is C24H18N4O2. The van der Waals surface area contributed by atoms with Crippen LogP contribution < -0.4 is 4.90 Å². The first-order valence-electron chi connectivity index (χ1n) is 9.43. The van der Waals surface area contributed by atoms with Gasteiger partial charge in [-0.1, -0.05) is 72.8 Å². The molecule has 0 aliphatic carbocycles. The van der Waals surface area contributed by atoms with Crippen LogP contribution in [0.1, 0.15) is 11.5 Å². The number of aromatic nitrogens is 1. The Kier molecular flexibility index (Phi) is 5.60. The van der Waals surface area contributed by atoms with Gasteiger partial charge >= 0.3 is 17.5 Å². The molecule has 4 aromatic rings. The Balaban J connectivity index is 1.65. The third-order valence-electron chi connectivity index (χ3n) is 4.51. The lowest BCUT2D eigenvalue weighted by Crippen LogP contribution is -2.38. The van der Waals surface area contributed by atoms with E-state index < -0.39 is 5.91 Å². The van der Waals surface area contributed by atoms with Crippen LogP contribution in [0.2, 0.25) is 0 Å². The SMILES string of the molecule is [N-]=[N+]=C(C(=O)N(C/C=C/c1ccccc1)c1ccccc1)c1nc2ccccc2o1. The van der Waals surface area contributed by atoms with Crippen molar-refractivity contribution in [3.05, 3.63) is 108 Å². The summed E-state index contributed by atoms with van der Waals surface area (Å²) in [5.41, 5.74) is 12.1. The standard InChI is InChI=1S/C24H18N4O2/c25-27-22(23-26-20-15-7-8-16-21(20)30-23)24(29)28(19-13-5-2-6-14-19)17-9-12-18-10-3-1-4-11-18/h1-16H,17H2/b12-9+. The van der Waals surface area contributed by atoms with Crippen molar-refractivity contribution in [3.63, 3.8) is 0 Å². The molecule has 4 rings (SSSR count). The number of nitrogens with zero attached hydrogens (tertiary/aromatic N) is 4. The van der Waals surface area contributed by atoms with E-state index in [0.29, 0.717) is 16.8 Å². The predicted octanol–water partition coefficient (Wildman–Crippen LogP) is 4.59. The Hall–Kier alpha value is -4.28. The van der Waals surface area contributed by atoms with E-state index in [1.165, 1.54) is 4.90 Å². The molecule has 146 valence electrons. The first-order valence-corrected chi connectivity index (χ1v) is 9.43. The first-order chi connectivity index (χ1) is 14.8. The Morgan fingerprint density at radius 3 is 2.33 bits per heavy atom. The number of carbonyl (C=O) groups excluding carboxylic acids is 1. The molecule has 1 aromatic heterocycles. The predicted molar refractivity (Wildman–Crippen MR) is 116 cm³/mol. The minimum Gasteiger partial charge on any atom is -0.430 e. The van der Waals surface area contributed by atoms with Crippen LogP contribution in [-0.2, 0) is 4.79 Å². The molecule has 0 N–H and O–H groups in total. The highest BCUT2D eigenvalue weighted by Gasteiger charge is 2.33. The molecule has 0 saturated carbocycles. The van der Waals surface area contributed by atoms with E-state index in [4.69, 9.17) is 4.42 Å². The molecule has 6 nitrogen and oxygen atoms in total. The molecular weight excluding hydrogens is 376 g/mol. The maximum atomic E-state index is 13.3.